The predicted octanol–water partition coefficient (Wildman–Crippen LogP) is 3.28. The molecule has 0 spiro atoms. The van der Waals surface area contributed by atoms with Gasteiger partial charge < -0.3 is 9.88 Å². The fraction of sp³-hybridized carbons (Fsp3) is 0.409. The van der Waals surface area contributed by atoms with Gasteiger partial charge in [-0.3, -0.25) is 9.71 Å². The number of benzene rings is 1. The van der Waals surface area contributed by atoms with Gasteiger partial charge in [0, 0.05) is 12.7 Å². The molecule has 1 aromatic carbocycles. The average Bonchev–Trinajstić information content (AvgIpc) is 3.39. The van der Waals surface area contributed by atoms with Crippen LogP contribution in [0, 0.1) is 6.92 Å². The summed E-state index contributed by atoms with van der Waals surface area (Å²) >= 11 is 0. The lowest BCUT2D eigenvalue weighted by Gasteiger charge is -2.19. The van der Waals surface area contributed by atoms with Gasteiger partial charge in [0.05, 0.1) is 16.6 Å². The fourth-order valence-electron chi connectivity index (χ4n) is 3.72. The Morgan fingerprint density at radius 1 is 1.19 bits per heavy atom. The van der Waals surface area contributed by atoms with Crippen molar-refractivity contribution in [3.8, 4) is 11.5 Å². The number of anilines is 1. The largest absolute Gasteiger partial charge is 0.315 e. The van der Waals surface area contributed by atoms with Crippen molar-refractivity contribution in [2.24, 2.45) is 0 Å². The highest BCUT2D eigenvalue weighted by molar-refractivity contribution is 7.92. The van der Waals surface area contributed by atoms with E-state index in [-0.39, 0.29) is 16.4 Å². The molecule has 1 fully saturated rings. The van der Waals surface area contributed by atoms with E-state index in [1.807, 2.05) is 23.6 Å². The van der Waals surface area contributed by atoms with Crippen LogP contribution in [0.3, 0.4) is 0 Å². The predicted molar refractivity (Wildman–Crippen MR) is 120 cm³/mol. The Morgan fingerprint density at radius 2 is 1.94 bits per heavy atom. The summed E-state index contributed by atoms with van der Waals surface area (Å²) in [7, 11) is -3.80. The molecule has 0 amide bonds. The summed E-state index contributed by atoms with van der Waals surface area (Å²) in [6.45, 7) is 9.89. The van der Waals surface area contributed by atoms with Crippen molar-refractivity contribution < 1.29 is 8.42 Å². The van der Waals surface area contributed by atoms with E-state index in [0.29, 0.717) is 17.2 Å². The summed E-state index contributed by atoms with van der Waals surface area (Å²) in [6, 6.07) is 8.97. The first-order valence-electron chi connectivity index (χ1n) is 10.4. The third-order valence-electron chi connectivity index (χ3n) is 5.51. The molecule has 1 saturated heterocycles. The van der Waals surface area contributed by atoms with E-state index < -0.39 is 10.0 Å². The number of nitrogens with one attached hydrogen (secondary N) is 2. The van der Waals surface area contributed by atoms with Crippen molar-refractivity contribution in [3.63, 3.8) is 0 Å². The molecule has 1 unspecified atom stereocenters. The quantitative estimate of drug-likeness (QED) is 0.631. The molecule has 0 radical (unpaired) electrons. The van der Waals surface area contributed by atoms with Gasteiger partial charge in [0.15, 0.2) is 5.82 Å². The molecule has 8 nitrogen and oxygen atoms in total. The smallest absolute Gasteiger partial charge is 0.261 e. The number of hydrogen-bond donors (Lipinski definition) is 2. The first-order valence-corrected chi connectivity index (χ1v) is 11.8. The van der Waals surface area contributed by atoms with Crippen LogP contribution in [0.2, 0.25) is 0 Å². The Morgan fingerprint density at radius 3 is 2.58 bits per heavy atom. The molecule has 3 heterocycles. The number of aryl methyl sites for hydroxylation is 1. The summed E-state index contributed by atoms with van der Waals surface area (Å²) in [5, 5.41) is 11.6. The molecule has 2 aromatic heterocycles. The Hall–Kier alpha value is -2.78. The minimum absolute atomic E-state index is 0.0531. The number of hydrogen-bond acceptors (Lipinski definition) is 6. The molecule has 0 aliphatic carbocycles. The van der Waals surface area contributed by atoms with E-state index in [4.69, 9.17) is 0 Å². The summed E-state index contributed by atoms with van der Waals surface area (Å²) in [4.78, 5) is 4.71. The van der Waals surface area contributed by atoms with E-state index in [1.54, 1.807) is 30.7 Å². The van der Waals surface area contributed by atoms with Crippen LogP contribution in [-0.2, 0) is 15.4 Å². The second-order valence-electron chi connectivity index (χ2n) is 9.00. The number of sulfonamides is 1. The molecule has 3 aromatic rings. The molecule has 0 saturated carbocycles. The Kier molecular flexibility index (Phi) is 5.57. The van der Waals surface area contributed by atoms with E-state index >= 15 is 0 Å². The summed E-state index contributed by atoms with van der Waals surface area (Å²) < 4.78 is 31.0. The lowest BCUT2D eigenvalue weighted by atomic mass is 9.87. The third kappa shape index (κ3) is 4.47. The molecule has 164 valence electrons. The normalized spacial score (nSPS) is 17.1. The number of pyridine rings is 1. The van der Waals surface area contributed by atoms with Crippen molar-refractivity contribution >= 4 is 15.7 Å². The van der Waals surface area contributed by atoms with Crippen molar-refractivity contribution in [1.29, 1.82) is 0 Å². The van der Waals surface area contributed by atoms with Crippen molar-refractivity contribution in [2.45, 2.75) is 50.5 Å². The maximum atomic E-state index is 13.1. The van der Waals surface area contributed by atoms with Crippen LogP contribution in [0.4, 0.5) is 5.69 Å². The molecular weight excluding hydrogens is 412 g/mol. The topological polar surface area (TPSA) is 102 Å². The van der Waals surface area contributed by atoms with Gasteiger partial charge in [-0.2, -0.15) is 0 Å². The van der Waals surface area contributed by atoms with Crippen molar-refractivity contribution in [3.05, 3.63) is 54.0 Å². The van der Waals surface area contributed by atoms with Crippen LogP contribution in [0.25, 0.3) is 11.5 Å². The van der Waals surface area contributed by atoms with Crippen LogP contribution in [0.5, 0.6) is 0 Å². The Labute approximate surface area is 183 Å². The Bertz CT molecular complexity index is 1170. The van der Waals surface area contributed by atoms with Gasteiger partial charge >= 0.3 is 0 Å². The number of nitrogens with zero attached hydrogens (tertiary/aromatic N) is 4. The molecule has 4 rings (SSSR count). The Balaban J connectivity index is 1.70. The third-order valence-corrected chi connectivity index (χ3v) is 6.89. The van der Waals surface area contributed by atoms with Crippen LogP contribution in [0.1, 0.15) is 44.4 Å². The molecular formula is C22H28N6O2S. The van der Waals surface area contributed by atoms with Gasteiger partial charge in [0.2, 0.25) is 0 Å². The molecule has 1 atom stereocenters. The highest BCUT2D eigenvalue weighted by Crippen LogP contribution is 2.30. The van der Waals surface area contributed by atoms with Gasteiger partial charge in [-0.1, -0.05) is 32.9 Å². The first-order chi connectivity index (χ1) is 14.6. The number of rotatable bonds is 5. The zero-order valence-corrected chi connectivity index (χ0v) is 19.1. The standard InChI is InChI=1S/C22H28N6O2S/c1-15-11-19(27-31(29,30)18-7-5-16(6-8-18)22(2,3)4)20(24-12-15)21-26-25-14-28(21)17-9-10-23-13-17/h5-8,11-12,14,17,23,27H,9-10,13H2,1-4H3. The fourth-order valence-corrected chi connectivity index (χ4v) is 4.78. The first kappa shape index (κ1) is 21.5. The van der Waals surface area contributed by atoms with Crippen LogP contribution in [0.15, 0.2) is 47.8 Å². The summed E-state index contributed by atoms with van der Waals surface area (Å²) in [6.07, 6.45) is 4.34. The second kappa shape index (κ2) is 8.05. The van der Waals surface area contributed by atoms with Crippen LogP contribution in [-0.4, -0.2) is 41.3 Å². The maximum Gasteiger partial charge on any atom is 0.261 e. The highest BCUT2D eigenvalue weighted by atomic mass is 32.2. The lowest BCUT2D eigenvalue weighted by Crippen LogP contribution is -2.17. The van der Waals surface area contributed by atoms with E-state index in [2.05, 4.69) is 46.0 Å². The monoisotopic (exact) mass is 440 g/mol. The zero-order chi connectivity index (χ0) is 22.2. The van der Waals surface area contributed by atoms with Gasteiger partial charge in [-0.15, -0.1) is 10.2 Å². The van der Waals surface area contributed by atoms with E-state index in [9.17, 15) is 8.42 Å². The SMILES string of the molecule is Cc1cnc(-c2nncn2C2CCNC2)c(NS(=O)(=O)c2ccc(C(C)(C)C)cc2)c1. The van der Waals surface area contributed by atoms with Gasteiger partial charge in [-0.25, -0.2) is 8.42 Å². The summed E-state index contributed by atoms with van der Waals surface area (Å²) in [5.74, 6) is 0.550. The molecule has 0 bridgehead atoms. The second-order valence-corrected chi connectivity index (χ2v) is 10.7. The maximum absolute atomic E-state index is 13.1. The van der Waals surface area contributed by atoms with Crippen molar-refractivity contribution in [2.75, 3.05) is 17.8 Å². The van der Waals surface area contributed by atoms with Gasteiger partial charge in [0.25, 0.3) is 10.0 Å². The summed E-state index contributed by atoms with van der Waals surface area (Å²) in [5.41, 5.74) is 2.72. The minimum Gasteiger partial charge on any atom is -0.315 e. The van der Waals surface area contributed by atoms with Gasteiger partial charge in [-0.05, 0) is 54.6 Å². The van der Waals surface area contributed by atoms with E-state index in [0.717, 1.165) is 30.6 Å². The molecule has 1 aliphatic rings. The minimum atomic E-state index is -3.80. The molecule has 9 heteroatoms. The van der Waals surface area contributed by atoms with Gasteiger partial charge in [0.1, 0.15) is 12.0 Å². The molecule has 31 heavy (non-hydrogen) atoms. The van der Waals surface area contributed by atoms with E-state index in [1.165, 1.54) is 0 Å². The van der Waals surface area contributed by atoms with Crippen molar-refractivity contribution in [1.82, 2.24) is 25.1 Å². The van der Waals surface area contributed by atoms with Crippen LogP contribution >= 0.6 is 0 Å². The number of aromatic nitrogens is 4. The lowest BCUT2D eigenvalue weighted by molar-refractivity contribution is 0.549. The van der Waals surface area contributed by atoms with Crippen LogP contribution < -0.4 is 10.0 Å². The zero-order valence-electron chi connectivity index (χ0n) is 18.3. The highest BCUT2D eigenvalue weighted by Gasteiger charge is 2.25. The molecule has 2 N–H and O–H groups in total. The average molecular weight is 441 g/mol. The molecule has 1 aliphatic heterocycles.